The Morgan fingerprint density at radius 3 is 2.36 bits per heavy atom. The smallest absolute Gasteiger partial charge is 0.434 e. The predicted molar refractivity (Wildman–Crippen MR) is 36.2 cm³/mol. The van der Waals surface area contributed by atoms with E-state index in [9.17, 15) is 22.4 Å². The second kappa shape index (κ2) is 3.24. The van der Waals surface area contributed by atoms with Gasteiger partial charge in [-0.3, -0.25) is 4.98 Å². The van der Waals surface area contributed by atoms with Crippen LogP contribution in [0.2, 0.25) is 0 Å². The van der Waals surface area contributed by atoms with E-state index in [4.69, 9.17) is 5.11 Å². The molecule has 0 atom stereocenters. The summed E-state index contributed by atoms with van der Waals surface area (Å²) in [6.07, 6.45) is -4.42. The Bertz CT molecular complexity index is 374. The molecule has 0 radical (unpaired) electrons. The first-order valence-electron chi connectivity index (χ1n) is 3.29. The number of carbonyl (C=O) groups is 1. The van der Waals surface area contributed by atoms with Crippen molar-refractivity contribution in [1.82, 2.24) is 4.98 Å². The fourth-order valence-electron chi connectivity index (χ4n) is 0.857. The first kappa shape index (κ1) is 10.4. The van der Waals surface area contributed by atoms with Gasteiger partial charge in [-0.1, -0.05) is 0 Å². The molecule has 0 amide bonds. The molecular weight excluding hydrogens is 206 g/mol. The van der Waals surface area contributed by atoms with Gasteiger partial charge in [-0.25, -0.2) is 9.18 Å². The second-order valence-electron chi connectivity index (χ2n) is 2.32. The molecule has 1 rings (SSSR count). The topological polar surface area (TPSA) is 50.2 Å². The summed E-state index contributed by atoms with van der Waals surface area (Å²) in [5.74, 6) is -3.46. The van der Waals surface area contributed by atoms with E-state index in [1.807, 2.05) is 0 Å². The lowest BCUT2D eigenvalue weighted by Crippen LogP contribution is -2.16. The van der Waals surface area contributed by atoms with E-state index in [0.29, 0.717) is 12.3 Å². The highest BCUT2D eigenvalue weighted by atomic mass is 19.4. The molecular formula is C7H3F4NO2. The molecule has 76 valence electrons. The number of hydrogen-bond acceptors (Lipinski definition) is 2. The summed E-state index contributed by atoms with van der Waals surface area (Å²) in [5.41, 5.74) is -3.19. The van der Waals surface area contributed by atoms with Gasteiger partial charge in [-0.15, -0.1) is 0 Å². The number of nitrogens with zero attached hydrogens (tertiary/aromatic N) is 1. The molecule has 0 unspecified atom stereocenters. The third kappa shape index (κ3) is 1.81. The highest BCUT2D eigenvalue weighted by Gasteiger charge is 2.38. The highest BCUT2D eigenvalue weighted by molar-refractivity contribution is 5.89. The van der Waals surface area contributed by atoms with Gasteiger partial charge in [0.25, 0.3) is 0 Å². The molecule has 1 heterocycles. The van der Waals surface area contributed by atoms with Crippen LogP contribution in [0.1, 0.15) is 16.1 Å². The summed E-state index contributed by atoms with van der Waals surface area (Å²) < 4.78 is 49.0. The van der Waals surface area contributed by atoms with Crippen LogP contribution in [0.4, 0.5) is 17.6 Å². The van der Waals surface area contributed by atoms with Crippen molar-refractivity contribution in [2.45, 2.75) is 6.18 Å². The normalized spacial score (nSPS) is 11.4. The molecule has 0 aliphatic carbocycles. The van der Waals surface area contributed by atoms with Crippen molar-refractivity contribution in [1.29, 1.82) is 0 Å². The average molecular weight is 209 g/mol. The average Bonchev–Trinajstić information content (AvgIpc) is 2.01. The number of alkyl halides is 3. The van der Waals surface area contributed by atoms with Gasteiger partial charge >= 0.3 is 12.1 Å². The van der Waals surface area contributed by atoms with Gasteiger partial charge in [0.1, 0.15) is 11.4 Å². The SMILES string of the molecule is O=C(O)c1c(F)ccnc1C(F)(F)F. The number of aromatic nitrogens is 1. The lowest BCUT2D eigenvalue weighted by molar-refractivity contribution is -0.141. The molecule has 7 heteroatoms. The molecule has 0 saturated carbocycles. The number of halogens is 4. The van der Waals surface area contributed by atoms with Crippen molar-refractivity contribution in [2.24, 2.45) is 0 Å². The predicted octanol–water partition coefficient (Wildman–Crippen LogP) is 1.94. The van der Waals surface area contributed by atoms with Gasteiger partial charge in [-0.2, -0.15) is 13.2 Å². The fraction of sp³-hybridized carbons (Fsp3) is 0.143. The van der Waals surface area contributed by atoms with Gasteiger partial charge in [0.15, 0.2) is 5.69 Å². The molecule has 0 aliphatic rings. The zero-order valence-electron chi connectivity index (χ0n) is 6.47. The van der Waals surface area contributed by atoms with E-state index in [2.05, 4.69) is 4.98 Å². The van der Waals surface area contributed by atoms with Crippen molar-refractivity contribution in [3.05, 3.63) is 29.3 Å². The molecule has 14 heavy (non-hydrogen) atoms. The maximum absolute atomic E-state index is 12.7. The Kier molecular flexibility index (Phi) is 2.41. The summed E-state index contributed by atoms with van der Waals surface area (Å²) in [6.45, 7) is 0. The van der Waals surface area contributed by atoms with E-state index in [0.717, 1.165) is 0 Å². The van der Waals surface area contributed by atoms with Crippen LogP contribution in [0, 0.1) is 5.82 Å². The van der Waals surface area contributed by atoms with E-state index < -0.39 is 29.2 Å². The minimum atomic E-state index is -4.98. The minimum Gasteiger partial charge on any atom is -0.478 e. The van der Waals surface area contributed by atoms with Crippen LogP contribution >= 0.6 is 0 Å². The quantitative estimate of drug-likeness (QED) is 0.719. The third-order valence-corrected chi connectivity index (χ3v) is 1.38. The zero-order valence-corrected chi connectivity index (χ0v) is 6.47. The van der Waals surface area contributed by atoms with Crippen molar-refractivity contribution in [3.63, 3.8) is 0 Å². The summed E-state index contributed by atoms with van der Waals surface area (Å²) in [6, 6.07) is 0.554. The summed E-state index contributed by atoms with van der Waals surface area (Å²) in [7, 11) is 0. The fourth-order valence-corrected chi connectivity index (χ4v) is 0.857. The van der Waals surface area contributed by atoms with Crippen LogP contribution in [0.5, 0.6) is 0 Å². The van der Waals surface area contributed by atoms with Gasteiger partial charge in [0.2, 0.25) is 0 Å². The minimum absolute atomic E-state index is 0.554. The maximum atomic E-state index is 12.7. The van der Waals surface area contributed by atoms with Crippen LogP contribution in [0.15, 0.2) is 12.3 Å². The van der Waals surface area contributed by atoms with Crippen molar-refractivity contribution < 1.29 is 27.5 Å². The largest absolute Gasteiger partial charge is 0.478 e. The molecule has 1 aromatic rings. The van der Waals surface area contributed by atoms with Crippen LogP contribution in [0.25, 0.3) is 0 Å². The lowest BCUT2D eigenvalue weighted by Gasteiger charge is -2.08. The molecule has 1 N–H and O–H groups in total. The molecule has 0 fully saturated rings. The number of hydrogen-bond donors (Lipinski definition) is 1. The van der Waals surface area contributed by atoms with Crippen LogP contribution < -0.4 is 0 Å². The summed E-state index contributed by atoms with van der Waals surface area (Å²) >= 11 is 0. The van der Waals surface area contributed by atoms with Crippen LogP contribution in [0.3, 0.4) is 0 Å². The molecule has 0 aromatic carbocycles. The van der Waals surface area contributed by atoms with E-state index >= 15 is 0 Å². The maximum Gasteiger partial charge on any atom is 0.434 e. The van der Waals surface area contributed by atoms with Gasteiger partial charge in [-0.05, 0) is 6.07 Å². The van der Waals surface area contributed by atoms with E-state index in [1.54, 1.807) is 0 Å². The summed E-state index contributed by atoms with van der Waals surface area (Å²) in [4.78, 5) is 13.1. The van der Waals surface area contributed by atoms with Crippen molar-refractivity contribution in [3.8, 4) is 0 Å². The Balaban J connectivity index is 3.44. The summed E-state index contributed by atoms with van der Waals surface area (Å²) in [5, 5.41) is 8.33. The number of aromatic carboxylic acids is 1. The Morgan fingerprint density at radius 2 is 2.00 bits per heavy atom. The third-order valence-electron chi connectivity index (χ3n) is 1.38. The lowest BCUT2D eigenvalue weighted by atomic mass is 10.2. The standard InChI is InChI=1S/C7H3F4NO2/c8-3-1-2-12-5(7(9,10)11)4(3)6(13)14/h1-2H,(H,13,14). The Labute approximate surface area is 75.0 Å². The number of rotatable bonds is 1. The molecule has 0 bridgehead atoms. The molecule has 3 nitrogen and oxygen atoms in total. The van der Waals surface area contributed by atoms with E-state index in [-0.39, 0.29) is 0 Å². The monoisotopic (exact) mass is 209 g/mol. The van der Waals surface area contributed by atoms with Gasteiger partial charge < -0.3 is 5.11 Å². The Morgan fingerprint density at radius 1 is 1.43 bits per heavy atom. The van der Waals surface area contributed by atoms with Gasteiger partial charge in [0.05, 0.1) is 0 Å². The Hall–Kier alpha value is -1.66. The number of carboxylic acid groups (broad SMARTS) is 1. The zero-order chi connectivity index (χ0) is 10.9. The van der Waals surface area contributed by atoms with Crippen LogP contribution in [-0.4, -0.2) is 16.1 Å². The van der Waals surface area contributed by atoms with E-state index in [1.165, 1.54) is 0 Å². The molecule has 0 spiro atoms. The molecule has 1 aromatic heterocycles. The number of carboxylic acids is 1. The first-order chi connectivity index (χ1) is 6.34. The highest BCUT2D eigenvalue weighted by Crippen LogP contribution is 2.30. The van der Waals surface area contributed by atoms with Crippen molar-refractivity contribution in [2.75, 3.05) is 0 Å². The molecule has 0 saturated heterocycles. The number of pyridine rings is 1. The van der Waals surface area contributed by atoms with Crippen LogP contribution in [-0.2, 0) is 6.18 Å². The molecule has 0 aliphatic heterocycles. The first-order valence-corrected chi connectivity index (χ1v) is 3.29. The second-order valence-corrected chi connectivity index (χ2v) is 2.32. The van der Waals surface area contributed by atoms with Crippen molar-refractivity contribution >= 4 is 5.97 Å². The van der Waals surface area contributed by atoms with Gasteiger partial charge in [0, 0.05) is 6.20 Å².